The SMILES string of the molecule is CC(C)(C)C1CCC(c2cccc(C3CC(C(=O)O)CN3)c2)CC1. The first kappa shape index (κ1) is 17.5. The second kappa shape index (κ2) is 6.87. The number of carboxylic acid groups (broad SMARTS) is 1. The molecule has 0 amide bonds. The van der Waals surface area contributed by atoms with Crippen LogP contribution in [-0.4, -0.2) is 17.6 Å². The molecule has 0 aromatic heterocycles. The van der Waals surface area contributed by atoms with E-state index in [0.717, 1.165) is 5.92 Å². The zero-order chi connectivity index (χ0) is 17.3. The van der Waals surface area contributed by atoms with Gasteiger partial charge in [-0.15, -0.1) is 0 Å². The van der Waals surface area contributed by atoms with Crippen LogP contribution in [0.1, 0.15) is 76.0 Å². The molecule has 2 aliphatic rings. The van der Waals surface area contributed by atoms with Crippen molar-refractivity contribution >= 4 is 5.97 Å². The fourth-order valence-corrected chi connectivity index (χ4v) is 4.50. The number of benzene rings is 1. The van der Waals surface area contributed by atoms with Gasteiger partial charge in [0.25, 0.3) is 0 Å². The second-order valence-electron chi connectivity index (χ2n) is 8.82. The lowest BCUT2D eigenvalue weighted by Crippen LogP contribution is -2.25. The molecule has 2 N–H and O–H groups in total. The number of nitrogens with one attached hydrogen (secondary N) is 1. The summed E-state index contributed by atoms with van der Waals surface area (Å²) >= 11 is 0. The van der Waals surface area contributed by atoms with Crippen molar-refractivity contribution < 1.29 is 9.90 Å². The van der Waals surface area contributed by atoms with Crippen LogP contribution < -0.4 is 5.32 Å². The zero-order valence-corrected chi connectivity index (χ0v) is 15.2. The molecule has 1 saturated carbocycles. The van der Waals surface area contributed by atoms with Crippen LogP contribution in [0.15, 0.2) is 24.3 Å². The molecular weight excluding hydrogens is 298 g/mol. The summed E-state index contributed by atoms with van der Waals surface area (Å²) in [7, 11) is 0. The number of rotatable bonds is 3. The molecule has 2 fully saturated rings. The normalized spacial score (nSPS) is 31.1. The first-order valence-electron chi connectivity index (χ1n) is 9.40. The lowest BCUT2D eigenvalue weighted by atomic mass is 9.68. The summed E-state index contributed by atoms with van der Waals surface area (Å²) in [5, 5.41) is 12.6. The summed E-state index contributed by atoms with van der Waals surface area (Å²) in [5.41, 5.74) is 3.13. The van der Waals surface area contributed by atoms with Crippen molar-refractivity contribution in [2.45, 2.75) is 64.8 Å². The molecule has 1 aliphatic carbocycles. The Balaban J connectivity index is 1.65. The summed E-state index contributed by atoms with van der Waals surface area (Å²) in [6.45, 7) is 7.68. The van der Waals surface area contributed by atoms with Gasteiger partial charge in [-0.1, -0.05) is 45.0 Å². The van der Waals surface area contributed by atoms with Gasteiger partial charge in [-0.25, -0.2) is 0 Å². The average Bonchev–Trinajstić information content (AvgIpc) is 3.05. The summed E-state index contributed by atoms with van der Waals surface area (Å²) in [5.74, 6) is 0.576. The Kier molecular flexibility index (Phi) is 5.00. The molecule has 2 atom stereocenters. The van der Waals surface area contributed by atoms with Crippen molar-refractivity contribution in [3.63, 3.8) is 0 Å². The van der Waals surface area contributed by atoms with E-state index in [2.05, 4.69) is 50.4 Å². The summed E-state index contributed by atoms with van der Waals surface area (Å²) in [4.78, 5) is 11.2. The molecule has 3 rings (SSSR count). The van der Waals surface area contributed by atoms with Gasteiger partial charge < -0.3 is 10.4 Å². The highest BCUT2D eigenvalue weighted by Crippen LogP contribution is 2.43. The van der Waals surface area contributed by atoms with E-state index in [1.807, 2.05) is 0 Å². The molecule has 24 heavy (non-hydrogen) atoms. The second-order valence-corrected chi connectivity index (χ2v) is 8.82. The molecular formula is C21H31NO2. The first-order valence-corrected chi connectivity index (χ1v) is 9.40. The number of hydrogen-bond donors (Lipinski definition) is 2. The van der Waals surface area contributed by atoms with Gasteiger partial charge in [0.2, 0.25) is 0 Å². The summed E-state index contributed by atoms with van der Waals surface area (Å²) in [6.07, 6.45) is 5.90. The third-order valence-corrected chi connectivity index (χ3v) is 6.22. The van der Waals surface area contributed by atoms with Gasteiger partial charge in [0.15, 0.2) is 0 Å². The van der Waals surface area contributed by atoms with Crippen LogP contribution in [0, 0.1) is 17.3 Å². The molecule has 0 radical (unpaired) electrons. The van der Waals surface area contributed by atoms with Crippen molar-refractivity contribution in [1.82, 2.24) is 5.32 Å². The topological polar surface area (TPSA) is 49.3 Å². The highest BCUT2D eigenvalue weighted by molar-refractivity contribution is 5.70. The Labute approximate surface area is 145 Å². The van der Waals surface area contributed by atoms with Crippen LogP contribution in [0.2, 0.25) is 0 Å². The number of hydrogen-bond acceptors (Lipinski definition) is 2. The molecule has 0 spiro atoms. The molecule has 1 saturated heterocycles. The van der Waals surface area contributed by atoms with Crippen LogP contribution in [0.25, 0.3) is 0 Å². The zero-order valence-electron chi connectivity index (χ0n) is 15.2. The molecule has 2 unspecified atom stereocenters. The Hall–Kier alpha value is -1.35. The van der Waals surface area contributed by atoms with Crippen LogP contribution in [0.5, 0.6) is 0 Å². The van der Waals surface area contributed by atoms with E-state index in [0.29, 0.717) is 24.3 Å². The van der Waals surface area contributed by atoms with E-state index in [4.69, 9.17) is 0 Å². The minimum Gasteiger partial charge on any atom is -0.481 e. The van der Waals surface area contributed by atoms with Crippen molar-refractivity contribution in [3.05, 3.63) is 35.4 Å². The third kappa shape index (κ3) is 3.83. The highest BCUT2D eigenvalue weighted by atomic mass is 16.4. The predicted molar refractivity (Wildman–Crippen MR) is 97.1 cm³/mol. The predicted octanol–water partition coefficient (Wildman–Crippen LogP) is 4.74. The van der Waals surface area contributed by atoms with Crippen LogP contribution in [0.3, 0.4) is 0 Å². The van der Waals surface area contributed by atoms with E-state index in [1.54, 1.807) is 0 Å². The van der Waals surface area contributed by atoms with E-state index in [1.165, 1.54) is 36.8 Å². The van der Waals surface area contributed by atoms with Gasteiger partial charge in [-0.3, -0.25) is 4.79 Å². The molecule has 1 aliphatic heterocycles. The Morgan fingerprint density at radius 2 is 1.79 bits per heavy atom. The van der Waals surface area contributed by atoms with Gasteiger partial charge in [0.05, 0.1) is 5.92 Å². The van der Waals surface area contributed by atoms with E-state index < -0.39 is 5.97 Å². The minimum absolute atomic E-state index is 0.192. The van der Waals surface area contributed by atoms with E-state index >= 15 is 0 Å². The van der Waals surface area contributed by atoms with Crippen molar-refractivity contribution in [2.24, 2.45) is 17.3 Å². The highest BCUT2D eigenvalue weighted by Gasteiger charge is 2.32. The molecule has 0 bridgehead atoms. The molecule has 132 valence electrons. The van der Waals surface area contributed by atoms with E-state index in [9.17, 15) is 9.90 Å². The maximum Gasteiger partial charge on any atom is 0.307 e. The van der Waals surface area contributed by atoms with Gasteiger partial charge in [-0.05, 0) is 60.5 Å². The molecule has 1 aromatic carbocycles. The average molecular weight is 329 g/mol. The molecule has 1 heterocycles. The standard InChI is InChI=1S/C21H31NO2/c1-21(2,3)18-9-7-14(8-10-18)15-5-4-6-16(11-15)19-12-17(13-22-19)20(23)24/h4-6,11,14,17-19,22H,7-10,12-13H2,1-3H3,(H,23,24). The Bertz CT molecular complexity index is 582. The van der Waals surface area contributed by atoms with Gasteiger partial charge in [0.1, 0.15) is 0 Å². The maximum absolute atomic E-state index is 11.2. The van der Waals surface area contributed by atoms with Gasteiger partial charge in [0, 0.05) is 12.6 Å². The van der Waals surface area contributed by atoms with Crippen LogP contribution in [0.4, 0.5) is 0 Å². The smallest absolute Gasteiger partial charge is 0.307 e. The minimum atomic E-state index is -0.679. The summed E-state index contributed by atoms with van der Waals surface area (Å²) in [6, 6.07) is 9.07. The number of carbonyl (C=O) groups is 1. The number of carboxylic acids is 1. The molecule has 1 aromatic rings. The van der Waals surface area contributed by atoms with Crippen molar-refractivity contribution in [3.8, 4) is 0 Å². The van der Waals surface area contributed by atoms with Crippen molar-refractivity contribution in [2.75, 3.05) is 6.54 Å². The first-order chi connectivity index (χ1) is 11.3. The fraction of sp³-hybridized carbons (Fsp3) is 0.667. The molecule has 3 heteroatoms. The maximum atomic E-state index is 11.2. The third-order valence-electron chi connectivity index (χ3n) is 6.22. The fourth-order valence-electron chi connectivity index (χ4n) is 4.50. The van der Waals surface area contributed by atoms with Crippen LogP contribution in [-0.2, 0) is 4.79 Å². The Morgan fingerprint density at radius 3 is 2.38 bits per heavy atom. The monoisotopic (exact) mass is 329 g/mol. The lowest BCUT2D eigenvalue weighted by molar-refractivity contribution is -0.141. The quantitative estimate of drug-likeness (QED) is 0.842. The lowest BCUT2D eigenvalue weighted by Gasteiger charge is -2.37. The van der Waals surface area contributed by atoms with Crippen LogP contribution >= 0.6 is 0 Å². The largest absolute Gasteiger partial charge is 0.481 e. The number of aliphatic carboxylic acids is 1. The van der Waals surface area contributed by atoms with Crippen molar-refractivity contribution in [1.29, 1.82) is 0 Å². The molecule has 3 nitrogen and oxygen atoms in total. The van der Waals surface area contributed by atoms with Gasteiger partial charge >= 0.3 is 5.97 Å². The Morgan fingerprint density at radius 1 is 1.12 bits per heavy atom. The van der Waals surface area contributed by atoms with Gasteiger partial charge in [-0.2, -0.15) is 0 Å². The van der Waals surface area contributed by atoms with E-state index in [-0.39, 0.29) is 12.0 Å². The summed E-state index contributed by atoms with van der Waals surface area (Å²) < 4.78 is 0.